The molecule has 0 amide bonds. The fourth-order valence-corrected chi connectivity index (χ4v) is 3.82. The van der Waals surface area contributed by atoms with E-state index in [2.05, 4.69) is 15.1 Å². The van der Waals surface area contributed by atoms with Crippen molar-refractivity contribution < 1.29 is 8.42 Å². The van der Waals surface area contributed by atoms with Gasteiger partial charge in [-0.3, -0.25) is 4.98 Å². The van der Waals surface area contributed by atoms with Crippen LogP contribution in [0.4, 0.5) is 0 Å². The molecular formula is C18H15N5O2S2. The highest BCUT2D eigenvalue weighted by Gasteiger charge is 2.13. The van der Waals surface area contributed by atoms with Gasteiger partial charge in [0.1, 0.15) is 0 Å². The molecule has 0 atom stereocenters. The Morgan fingerprint density at radius 3 is 2.37 bits per heavy atom. The summed E-state index contributed by atoms with van der Waals surface area (Å²) in [6.45, 7) is 1.90. The molecule has 4 rings (SSSR count). The molecule has 0 fully saturated rings. The molecule has 0 unspecified atom stereocenters. The van der Waals surface area contributed by atoms with Crippen LogP contribution in [0.15, 0.2) is 65.4 Å². The maximum absolute atomic E-state index is 11.4. The van der Waals surface area contributed by atoms with E-state index in [0.717, 1.165) is 27.4 Å². The van der Waals surface area contributed by atoms with Gasteiger partial charge in [-0.25, -0.2) is 23.2 Å². The summed E-state index contributed by atoms with van der Waals surface area (Å²) in [5, 5.41) is 9.44. The molecule has 0 aliphatic carbocycles. The Hall–Kier alpha value is -2.88. The summed E-state index contributed by atoms with van der Waals surface area (Å²) in [7, 11) is -3.83. The summed E-state index contributed by atoms with van der Waals surface area (Å²) in [6.07, 6.45) is 3.29. The molecule has 27 heavy (non-hydrogen) atoms. The highest BCUT2D eigenvalue weighted by atomic mass is 32.2. The SMILES string of the molecule is Cc1cc(-c2ccc(-c3cncs3)cc2)n(-c2ccc(S(N)(=O)=O)nc2)n1. The molecule has 0 aliphatic rings. The molecule has 136 valence electrons. The van der Waals surface area contributed by atoms with Crippen LogP contribution in [0.3, 0.4) is 0 Å². The van der Waals surface area contributed by atoms with Gasteiger partial charge in [-0.1, -0.05) is 24.3 Å². The molecule has 2 N–H and O–H groups in total. The monoisotopic (exact) mass is 397 g/mol. The molecule has 3 heterocycles. The lowest BCUT2D eigenvalue weighted by atomic mass is 10.1. The van der Waals surface area contributed by atoms with Crippen LogP contribution in [-0.4, -0.2) is 28.2 Å². The average Bonchev–Trinajstić information content (AvgIpc) is 3.31. The van der Waals surface area contributed by atoms with Gasteiger partial charge in [-0.15, -0.1) is 11.3 Å². The lowest BCUT2D eigenvalue weighted by molar-refractivity contribution is 0.594. The Labute approximate surface area is 160 Å². The molecule has 3 aromatic heterocycles. The van der Waals surface area contributed by atoms with Crippen LogP contribution in [0, 0.1) is 6.92 Å². The minimum absolute atomic E-state index is 0.175. The first-order valence-corrected chi connectivity index (χ1v) is 10.4. The molecule has 0 saturated carbocycles. The standard InChI is InChI=1S/C18H15N5O2S2/c1-12-8-16(13-2-4-14(5-3-13)17-10-20-11-26-17)23(22-12)15-6-7-18(21-9-15)27(19,24)25/h2-11H,1H3,(H2,19,24,25). The molecule has 0 bridgehead atoms. The lowest BCUT2D eigenvalue weighted by Crippen LogP contribution is -2.14. The highest BCUT2D eigenvalue weighted by molar-refractivity contribution is 7.89. The molecule has 1 aromatic carbocycles. The van der Waals surface area contributed by atoms with Gasteiger partial charge in [0, 0.05) is 11.8 Å². The zero-order valence-electron chi connectivity index (χ0n) is 14.3. The van der Waals surface area contributed by atoms with E-state index in [-0.39, 0.29) is 5.03 Å². The fourth-order valence-electron chi connectivity index (χ4n) is 2.73. The van der Waals surface area contributed by atoms with Gasteiger partial charge in [-0.2, -0.15) is 5.10 Å². The predicted molar refractivity (Wildman–Crippen MR) is 104 cm³/mol. The number of nitrogens with zero attached hydrogens (tertiary/aromatic N) is 4. The van der Waals surface area contributed by atoms with E-state index in [9.17, 15) is 8.42 Å². The van der Waals surface area contributed by atoms with Gasteiger partial charge in [0.25, 0.3) is 10.0 Å². The predicted octanol–water partition coefficient (Wildman–Crippen LogP) is 3.01. The Balaban J connectivity index is 1.73. The number of aryl methyl sites for hydroxylation is 1. The molecule has 4 aromatic rings. The molecule has 0 saturated heterocycles. The number of thiazole rings is 1. The summed E-state index contributed by atoms with van der Waals surface area (Å²) >= 11 is 1.59. The number of sulfonamides is 1. The third-order valence-corrected chi connectivity index (χ3v) is 5.63. The number of pyridine rings is 1. The topological polar surface area (TPSA) is 104 Å². The van der Waals surface area contributed by atoms with E-state index in [4.69, 9.17) is 5.14 Å². The first-order chi connectivity index (χ1) is 12.9. The van der Waals surface area contributed by atoms with Crippen molar-refractivity contribution >= 4 is 21.4 Å². The number of hydrogen-bond acceptors (Lipinski definition) is 6. The van der Waals surface area contributed by atoms with Gasteiger partial charge < -0.3 is 0 Å². The van der Waals surface area contributed by atoms with E-state index in [1.54, 1.807) is 27.6 Å². The van der Waals surface area contributed by atoms with Gasteiger partial charge in [0.2, 0.25) is 0 Å². The molecule has 0 spiro atoms. The third-order valence-electron chi connectivity index (χ3n) is 3.99. The van der Waals surface area contributed by atoms with Crippen molar-refractivity contribution in [1.82, 2.24) is 19.7 Å². The van der Waals surface area contributed by atoms with Crippen LogP contribution < -0.4 is 5.14 Å². The van der Waals surface area contributed by atoms with Crippen LogP contribution in [0.1, 0.15) is 5.69 Å². The van der Waals surface area contributed by atoms with E-state index in [0.29, 0.717) is 5.69 Å². The molecule has 0 aliphatic heterocycles. The molecular weight excluding hydrogens is 382 g/mol. The van der Waals surface area contributed by atoms with E-state index >= 15 is 0 Å². The van der Waals surface area contributed by atoms with Gasteiger partial charge in [0.15, 0.2) is 5.03 Å². The number of rotatable bonds is 4. The molecule has 9 heteroatoms. The van der Waals surface area contributed by atoms with Crippen molar-refractivity contribution in [2.75, 3.05) is 0 Å². The lowest BCUT2D eigenvalue weighted by Gasteiger charge is -2.08. The Bertz CT molecular complexity index is 1180. The zero-order chi connectivity index (χ0) is 19.0. The molecule has 7 nitrogen and oxygen atoms in total. The van der Waals surface area contributed by atoms with Crippen molar-refractivity contribution in [3.8, 4) is 27.4 Å². The minimum Gasteiger partial charge on any atom is -0.252 e. The van der Waals surface area contributed by atoms with Crippen molar-refractivity contribution in [1.29, 1.82) is 0 Å². The van der Waals surface area contributed by atoms with E-state index in [1.165, 1.54) is 12.3 Å². The van der Waals surface area contributed by atoms with Crippen LogP contribution in [0.2, 0.25) is 0 Å². The number of aromatic nitrogens is 4. The normalized spacial score (nSPS) is 11.6. The van der Waals surface area contributed by atoms with Crippen LogP contribution >= 0.6 is 11.3 Å². The Morgan fingerprint density at radius 2 is 1.78 bits per heavy atom. The Kier molecular flexibility index (Phi) is 4.34. The van der Waals surface area contributed by atoms with Crippen molar-refractivity contribution in [2.45, 2.75) is 11.9 Å². The Morgan fingerprint density at radius 1 is 1.04 bits per heavy atom. The summed E-state index contributed by atoms with van der Waals surface area (Å²) in [4.78, 5) is 9.15. The number of hydrogen-bond donors (Lipinski definition) is 1. The van der Waals surface area contributed by atoms with Crippen molar-refractivity contribution in [3.63, 3.8) is 0 Å². The van der Waals surface area contributed by atoms with E-state index < -0.39 is 10.0 Å². The zero-order valence-corrected chi connectivity index (χ0v) is 15.9. The summed E-state index contributed by atoms with van der Waals surface area (Å²) in [5.41, 5.74) is 6.26. The third kappa shape index (κ3) is 3.52. The minimum atomic E-state index is -3.83. The first kappa shape index (κ1) is 17.5. The van der Waals surface area contributed by atoms with Gasteiger partial charge in [-0.05, 0) is 30.7 Å². The second kappa shape index (κ2) is 6.69. The first-order valence-electron chi connectivity index (χ1n) is 7.97. The quantitative estimate of drug-likeness (QED) is 0.570. The van der Waals surface area contributed by atoms with Crippen LogP contribution in [0.5, 0.6) is 0 Å². The number of nitrogens with two attached hydrogens (primary N) is 1. The van der Waals surface area contributed by atoms with Crippen LogP contribution in [0.25, 0.3) is 27.4 Å². The second-order valence-electron chi connectivity index (χ2n) is 5.93. The van der Waals surface area contributed by atoms with Crippen molar-refractivity contribution in [3.05, 3.63) is 66.1 Å². The highest BCUT2D eigenvalue weighted by Crippen LogP contribution is 2.28. The summed E-state index contributed by atoms with van der Waals surface area (Å²) < 4.78 is 24.5. The van der Waals surface area contributed by atoms with Gasteiger partial charge in [0.05, 0.1) is 33.7 Å². The number of primary sulfonamides is 1. The maximum atomic E-state index is 11.4. The maximum Gasteiger partial charge on any atom is 0.255 e. The summed E-state index contributed by atoms with van der Waals surface area (Å²) in [5.74, 6) is 0. The number of benzene rings is 1. The molecule has 0 radical (unpaired) electrons. The second-order valence-corrected chi connectivity index (χ2v) is 8.32. The van der Waals surface area contributed by atoms with Crippen LogP contribution in [-0.2, 0) is 10.0 Å². The van der Waals surface area contributed by atoms with Crippen molar-refractivity contribution in [2.24, 2.45) is 5.14 Å². The average molecular weight is 397 g/mol. The smallest absolute Gasteiger partial charge is 0.252 e. The van der Waals surface area contributed by atoms with Gasteiger partial charge >= 0.3 is 0 Å². The van der Waals surface area contributed by atoms with E-state index in [1.807, 2.05) is 43.5 Å². The largest absolute Gasteiger partial charge is 0.255 e. The fraction of sp³-hybridized carbons (Fsp3) is 0.0556. The summed E-state index contributed by atoms with van der Waals surface area (Å²) in [6, 6.07) is 13.1.